The molecule has 0 spiro atoms. The molecular formula is C16H17NO3. The van der Waals surface area contributed by atoms with Crippen LogP contribution in [-0.4, -0.2) is 17.6 Å². The minimum Gasteiger partial charge on any atom is -0.487 e. The zero-order valence-electron chi connectivity index (χ0n) is 11.6. The van der Waals surface area contributed by atoms with Gasteiger partial charge in [0.15, 0.2) is 0 Å². The summed E-state index contributed by atoms with van der Waals surface area (Å²) in [6.07, 6.45) is 1.51. The maximum absolute atomic E-state index is 11.5. The van der Waals surface area contributed by atoms with Crippen LogP contribution in [0.4, 0.5) is 0 Å². The summed E-state index contributed by atoms with van der Waals surface area (Å²) in [6.45, 7) is 4.51. The Morgan fingerprint density at radius 1 is 1.25 bits per heavy atom. The average Bonchev–Trinajstić information content (AvgIpc) is 2.46. The molecule has 104 valence electrons. The van der Waals surface area contributed by atoms with Crippen LogP contribution in [0.5, 0.6) is 5.75 Å². The van der Waals surface area contributed by atoms with Crippen LogP contribution in [0.15, 0.2) is 42.6 Å². The second-order valence-corrected chi connectivity index (χ2v) is 4.36. The molecule has 0 bridgehead atoms. The molecule has 20 heavy (non-hydrogen) atoms. The van der Waals surface area contributed by atoms with E-state index in [2.05, 4.69) is 4.98 Å². The van der Waals surface area contributed by atoms with Crippen LogP contribution in [0, 0.1) is 6.92 Å². The highest BCUT2D eigenvalue weighted by molar-refractivity contribution is 5.88. The van der Waals surface area contributed by atoms with Crippen LogP contribution in [0.25, 0.3) is 0 Å². The fraction of sp³-hybridized carbons (Fsp3) is 0.250. The van der Waals surface area contributed by atoms with Gasteiger partial charge < -0.3 is 9.47 Å². The van der Waals surface area contributed by atoms with Gasteiger partial charge in [0.25, 0.3) is 0 Å². The van der Waals surface area contributed by atoms with Crippen molar-refractivity contribution in [1.82, 2.24) is 4.98 Å². The van der Waals surface area contributed by atoms with E-state index in [1.165, 1.54) is 6.20 Å². The zero-order chi connectivity index (χ0) is 14.4. The fourth-order valence-electron chi connectivity index (χ4n) is 1.71. The van der Waals surface area contributed by atoms with Gasteiger partial charge in [0.1, 0.15) is 12.4 Å². The molecule has 4 heteroatoms. The van der Waals surface area contributed by atoms with E-state index in [4.69, 9.17) is 9.47 Å². The lowest BCUT2D eigenvalue weighted by Crippen LogP contribution is -2.06. The summed E-state index contributed by atoms with van der Waals surface area (Å²) >= 11 is 0. The number of carbonyl (C=O) groups excluding carboxylic acids is 1. The molecule has 0 aliphatic carbocycles. The number of carbonyl (C=O) groups is 1. The maximum Gasteiger partial charge on any atom is 0.339 e. The lowest BCUT2D eigenvalue weighted by molar-refractivity contribution is 0.0526. The van der Waals surface area contributed by atoms with E-state index >= 15 is 0 Å². The average molecular weight is 271 g/mol. The Kier molecular flexibility index (Phi) is 4.71. The second kappa shape index (κ2) is 6.70. The van der Waals surface area contributed by atoms with Crippen molar-refractivity contribution >= 4 is 5.97 Å². The van der Waals surface area contributed by atoms with E-state index in [1.54, 1.807) is 19.1 Å². The molecule has 0 saturated heterocycles. The van der Waals surface area contributed by atoms with Crippen molar-refractivity contribution in [3.63, 3.8) is 0 Å². The molecule has 4 nitrogen and oxygen atoms in total. The first-order valence-electron chi connectivity index (χ1n) is 6.50. The lowest BCUT2D eigenvalue weighted by Gasteiger charge is -2.07. The highest BCUT2D eigenvalue weighted by Gasteiger charge is 2.06. The van der Waals surface area contributed by atoms with Crippen molar-refractivity contribution in [2.75, 3.05) is 6.61 Å². The monoisotopic (exact) mass is 271 g/mol. The molecule has 0 radical (unpaired) electrons. The largest absolute Gasteiger partial charge is 0.487 e. The molecule has 0 unspecified atom stereocenters. The molecule has 0 amide bonds. The highest BCUT2D eigenvalue weighted by Crippen LogP contribution is 2.14. The van der Waals surface area contributed by atoms with Crippen LogP contribution < -0.4 is 4.74 Å². The van der Waals surface area contributed by atoms with Gasteiger partial charge in [-0.05, 0) is 43.7 Å². The molecule has 0 atom stereocenters. The minimum absolute atomic E-state index is 0.355. The fourth-order valence-corrected chi connectivity index (χ4v) is 1.71. The number of benzene rings is 1. The Hall–Kier alpha value is -2.36. The second-order valence-electron chi connectivity index (χ2n) is 4.36. The van der Waals surface area contributed by atoms with Crippen molar-refractivity contribution in [2.24, 2.45) is 0 Å². The van der Waals surface area contributed by atoms with Gasteiger partial charge in [-0.25, -0.2) is 4.79 Å². The van der Waals surface area contributed by atoms with Gasteiger partial charge in [-0.15, -0.1) is 0 Å². The Morgan fingerprint density at radius 2 is 2.10 bits per heavy atom. The van der Waals surface area contributed by atoms with Crippen molar-refractivity contribution in [3.8, 4) is 5.75 Å². The van der Waals surface area contributed by atoms with Crippen LogP contribution >= 0.6 is 0 Å². The number of hydrogen-bond acceptors (Lipinski definition) is 4. The Bertz CT molecular complexity index is 579. The summed E-state index contributed by atoms with van der Waals surface area (Å²) < 4.78 is 10.5. The van der Waals surface area contributed by atoms with Gasteiger partial charge in [-0.2, -0.15) is 0 Å². The predicted molar refractivity (Wildman–Crippen MR) is 75.7 cm³/mol. The smallest absolute Gasteiger partial charge is 0.339 e. The minimum atomic E-state index is -0.355. The summed E-state index contributed by atoms with van der Waals surface area (Å²) in [4.78, 5) is 15.7. The molecule has 1 heterocycles. The van der Waals surface area contributed by atoms with Gasteiger partial charge in [-0.3, -0.25) is 4.98 Å². The van der Waals surface area contributed by atoms with E-state index < -0.39 is 0 Å². The standard InChI is InChI=1S/C16H17NO3/c1-3-19-16(18)13-7-8-14(17-10-13)11-20-15-6-4-5-12(2)9-15/h4-10H,3,11H2,1-2H3. The van der Waals surface area contributed by atoms with Gasteiger partial charge in [0, 0.05) is 6.20 Å². The normalized spacial score (nSPS) is 10.1. The summed E-state index contributed by atoms with van der Waals surface area (Å²) in [7, 11) is 0. The van der Waals surface area contributed by atoms with Crippen molar-refractivity contribution in [1.29, 1.82) is 0 Å². The number of aromatic nitrogens is 1. The molecule has 0 saturated carbocycles. The number of esters is 1. The third-order valence-electron chi connectivity index (χ3n) is 2.71. The van der Waals surface area contributed by atoms with Gasteiger partial charge in [0.05, 0.1) is 17.9 Å². The van der Waals surface area contributed by atoms with E-state index in [0.29, 0.717) is 18.8 Å². The Labute approximate surface area is 118 Å². The van der Waals surface area contributed by atoms with Crippen LogP contribution in [-0.2, 0) is 11.3 Å². The predicted octanol–water partition coefficient (Wildman–Crippen LogP) is 3.15. The molecular weight excluding hydrogens is 254 g/mol. The molecule has 0 aliphatic rings. The third-order valence-corrected chi connectivity index (χ3v) is 2.71. The first kappa shape index (κ1) is 14.1. The number of rotatable bonds is 5. The first-order valence-corrected chi connectivity index (χ1v) is 6.50. The van der Waals surface area contributed by atoms with Crippen LogP contribution in [0.3, 0.4) is 0 Å². The van der Waals surface area contributed by atoms with Crippen LogP contribution in [0.2, 0.25) is 0 Å². The third kappa shape index (κ3) is 3.82. The van der Waals surface area contributed by atoms with Crippen molar-refractivity contribution in [3.05, 3.63) is 59.4 Å². The Morgan fingerprint density at radius 3 is 2.75 bits per heavy atom. The summed E-state index contributed by atoms with van der Waals surface area (Å²) in [5.74, 6) is 0.451. The number of nitrogens with zero attached hydrogens (tertiary/aromatic N) is 1. The molecule has 1 aromatic heterocycles. The lowest BCUT2D eigenvalue weighted by atomic mass is 10.2. The van der Waals surface area contributed by atoms with E-state index in [1.807, 2.05) is 31.2 Å². The topological polar surface area (TPSA) is 48.4 Å². The van der Waals surface area contributed by atoms with E-state index in [-0.39, 0.29) is 5.97 Å². The molecule has 1 aromatic carbocycles. The number of hydrogen-bond donors (Lipinski definition) is 0. The quantitative estimate of drug-likeness (QED) is 0.784. The van der Waals surface area contributed by atoms with E-state index in [9.17, 15) is 4.79 Å². The van der Waals surface area contributed by atoms with Crippen molar-refractivity contribution < 1.29 is 14.3 Å². The molecule has 2 aromatic rings. The highest BCUT2D eigenvalue weighted by atomic mass is 16.5. The summed E-state index contributed by atoms with van der Waals surface area (Å²) in [5.41, 5.74) is 2.36. The SMILES string of the molecule is CCOC(=O)c1ccc(COc2cccc(C)c2)nc1. The number of pyridine rings is 1. The van der Waals surface area contributed by atoms with Crippen molar-refractivity contribution in [2.45, 2.75) is 20.5 Å². The van der Waals surface area contributed by atoms with E-state index in [0.717, 1.165) is 17.0 Å². The van der Waals surface area contributed by atoms with Gasteiger partial charge in [0.2, 0.25) is 0 Å². The van der Waals surface area contributed by atoms with Gasteiger partial charge >= 0.3 is 5.97 Å². The molecule has 0 aliphatic heterocycles. The molecule has 2 rings (SSSR count). The Balaban J connectivity index is 1.95. The number of ether oxygens (including phenoxy) is 2. The maximum atomic E-state index is 11.5. The molecule has 0 fully saturated rings. The molecule has 0 N–H and O–H groups in total. The first-order chi connectivity index (χ1) is 9.69. The summed E-state index contributed by atoms with van der Waals surface area (Å²) in [5, 5.41) is 0. The van der Waals surface area contributed by atoms with Gasteiger partial charge in [-0.1, -0.05) is 12.1 Å². The summed E-state index contributed by atoms with van der Waals surface area (Å²) in [6, 6.07) is 11.3. The zero-order valence-corrected chi connectivity index (χ0v) is 11.6. The van der Waals surface area contributed by atoms with Crippen LogP contribution in [0.1, 0.15) is 28.5 Å². The number of aryl methyl sites for hydroxylation is 1.